The molecular weight excluding hydrogens is 244 g/mol. The van der Waals surface area contributed by atoms with Gasteiger partial charge < -0.3 is 0 Å². The van der Waals surface area contributed by atoms with Crippen molar-refractivity contribution in [2.24, 2.45) is 0 Å². The summed E-state index contributed by atoms with van der Waals surface area (Å²) in [5.41, 5.74) is 10.8. The van der Waals surface area contributed by atoms with Gasteiger partial charge in [-0.3, -0.25) is 0 Å². The standard InChI is InChI=1S/C18H20Si/c1-11-6-4-7-14(13(11)3)15-8-5-9-16-17(15)10-12(2)18(16)19/h4-10,18H,1-3,19H3. The molecule has 0 fully saturated rings. The van der Waals surface area contributed by atoms with Crippen LogP contribution in [0, 0.1) is 13.8 Å². The second kappa shape index (κ2) is 4.50. The van der Waals surface area contributed by atoms with Gasteiger partial charge in [0.1, 0.15) is 0 Å². The zero-order valence-electron chi connectivity index (χ0n) is 12.1. The van der Waals surface area contributed by atoms with Gasteiger partial charge in [0.2, 0.25) is 0 Å². The third-order valence-corrected chi connectivity index (χ3v) is 6.09. The second-order valence-electron chi connectivity index (χ2n) is 5.67. The molecule has 2 aromatic carbocycles. The molecule has 1 aliphatic rings. The lowest BCUT2D eigenvalue weighted by molar-refractivity contribution is 1.14. The molecule has 0 saturated carbocycles. The number of allylic oxidation sites excluding steroid dienone is 1. The van der Waals surface area contributed by atoms with Crippen LogP contribution in [0.5, 0.6) is 0 Å². The summed E-state index contributed by atoms with van der Waals surface area (Å²) in [5, 5.41) is 0. The first kappa shape index (κ1) is 12.4. The van der Waals surface area contributed by atoms with E-state index in [1.54, 1.807) is 0 Å². The molecule has 2 aromatic rings. The molecule has 19 heavy (non-hydrogen) atoms. The summed E-state index contributed by atoms with van der Waals surface area (Å²) >= 11 is 0. The van der Waals surface area contributed by atoms with E-state index < -0.39 is 0 Å². The summed E-state index contributed by atoms with van der Waals surface area (Å²) in [4.78, 5) is 0. The van der Waals surface area contributed by atoms with Crippen LogP contribution in [0.2, 0.25) is 0 Å². The highest BCUT2D eigenvalue weighted by molar-refractivity contribution is 6.16. The van der Waals surface area contributed by atoms with Crippen molar-refractivity contribution < 1.29 is 0 Å². The van der Waals surface area contributed by atoms with Crippen molar-refractivity contribution >= 4 is 16.3 Å². The van der Waals surface area contributed by atoms with Gasteiger partial charge in [-0.25, -0.2) is 0 Å². The first-order chi connectivity index (χ1) is 9.09. The van der Waals surface area contributed by atoms with Crippen molar-refractivity contribution in [2.75, 3.05) is 0 Å². The smallest absolute Gasteiger partial charge is 0.0174 e. The first-order valence-corrected chi connectivity index (χ1v) is 8.12. The highest BCUT2D eigenvalue weighted by Gasteiger charge is 2.21. The molecule has 0 saturated heterocycles. The molecule has 0 N–H and O–H groups in total. The highest BCUT2D eigenvalue weighted by Crippen LogP contribution is 2.40. The number of hydrogen-bond acceptors (Lipinski definition) is 0. The van der Waals surface area contributed by atoms with Crippen LogP contribution in [0.15, 0.2) is 42.0 Å². The van der Waals surface area contributed by atoms with E-state index in [1.807, 2.05) is 0 Å². The van der Waals surface area contributed by atoms with Crippen LogP contribution < -0.4 is 0 Å². The molecule has 1 atom stereocenters. The lowest BCUT2D eigenvalue weighted by atomic mass is 9.92. The Labute approximate surface area is 118 Å². The molecule has 0 aromatic heterocycles. The van der Waals surface area contributed by atoms with E-state index >= 15 is 0 Å². The Kier molecular flexibility index (Phi) is 2.94. The van der Waals surface area contributed by atoms with E-state index in [4.69, 9.17) is 0 Å². The van der Waals surface area contributed by atoms with E-state index in [1.165, 1.54) is 49.2 Å². The number of aryl methyl sites for hydroxylation is 1. The van der Waals surface area contributed by atoms with Gasteiger partial charge >= 0.3 is 0 Å². The summed E-state index contributed by atoms with van der Waals surface area (Å²) in [6, 6.07) is 13.4. The maximum absolute atomic E-state index is 2.39. The van der Waals surface area contributed by atoms with Crippen LogP contribution in [0.25, 0.3) is 17.2 Å². The highest BCUT2D eigenvalue weighted by atomic mass is 28.1. The van der Waals surface area contributed by atoms with Crippen LogP contribution in [0.3, 0.4) is 0 Å². The van der Waals surface area contributed by atoms with Crippen molar-refractivity contribution in [1.29, 1.82) is 0 Å². The molecule has 0 nitrogen and oxygen atoms in total. The molecule has 1 unspecified atom stereocenters. The van der Waals surface area contributed by atoms with E-state index in [0.29, 0.717) is 5.54 Å². The van der Waals surface area contributed by atoms with Crippen LogP contribution in [0.1, 0.15) is 34.7 Å². The van der Waals surface area contributed by atoms with Gasteiger partial charge in [-0.05, 0) is 59.7 Å². The van der Waals surface area contributed by atoms with Crippen LogP contribution in [-0.4, -0.2) is 10.2 Å². The summed E-state index contributed by atoms with van der Waals surface area (Å²) in [7, 11) is 1.20. The lowest BCUT2D eigenvalue weighted by Crippen LogP contribution is -1.96. The van der Waals surface area contributed by atoms with E-state index in [0.717, 1.165) is 0 Å². The molecule has 0 spiro atoms. The summed E-state index contributed by atoms with van der Waals surface area (Å²) < 4.78 is 0. The Bertz CT molecular complexity index is 680. The fourth-order valence-corrected chi connectivity index (χ4v) is 3.67. The number of rotatable bonds is 1. The van der Waals surface area contributed by atoms with E-state index in [2.05, 4.69) is 63.2 Å². The molecular formula is C18H20Si. The Morgan fingerprint density at radius 3 is 2.37 bits per heavy atom. The molecule has 0 amide bonds. The van der Waals surface area contributed by atoms with Gasteiger partial charge in [-0.15, -0.1) is 0 Å². The normalized spacial score (nSPS) is 17.4. The largest absolute Gasteiger partial charge is 0.0689 e. The van der Waals surface area contributed by atoms with Gasteiger partial charge in [0, 0.05) is 10.2 Å². The number of fused-ring (bicyclic) bond motifs is 1. The molecule has 0 heterocycles. The predicted octanol–water partition coefficient (Wildman–Crippen LogP) is 3.79. The van der Waals surface area contributed by atoms with Gasteiger partial charge in [0.25, 0.3) is 0 Å². The first-order valence-electron chi connectivity index (χ1n) is 6.97. The van der Waals surface area contributed by atoms with Crippen molar-refractivity contribution in [3.05, 3.63) is 64.2 Å². The minimum atomic E-state index is 0.695. The average Bonchev–Trinajstić information content (AvgIpc) is 2.69. The zero-order chi connectivity index (χ0) is 13.6. The maximum Gasteiger partial charge on any atom is 0.0174 e. The van der Waals surface area contributed by atoms with Crippen LogP contribution >= 0.6 is 0 Å². The Hall–Kier alpha value is -1.60. The fourth-order valence-electron chi connectivity index (χ4n) is 3.00. The van der Waals surface area contributed by atoms with Gasteiger partial charge in [-0.2, -0.15) is 0 Å². The van der Waals surface area contributed by atoms with Crippen LogP contribution in [-0.2, 0) is 0 Å². The molecule has 1 heteroatoms. The second-order valence-corrected chi connectivity index (χ2v) is 6.82. The van der Waals surface area contributed by atoms with Crippen LogP contribution in [0.4, 0.5) is 0 Å². The third kappa shape index (κ3) is 1.89. The monoisotopic (exact) mass is 264 g/mol. The Balaban J connectivity index is 2.26. The van der Waals surface area contributed by atoms with Crippen molar-refractivity contribution in [3.8, 4) is 11.1 Å². The zero-order valence-corrected chi connectivity index (χ0v) is 14.1. The fraction of sp³-hybridized carbons (Fsp3) is 0.222. The average molecular weight is 264 g/mol. The SMILES string of the molecule is CC1=Cc2c(-c3cccc(C)c3C)cccc2C1[SiH3]. The quantitative estimate of drug-likeness (QED) is 0.687. The molecule has 1 aliphatic carbocycles. The topological polar surface area (TPSA) is 0 Å². The minimum absolute atomic E-state index is 0.695. The van der Waals surface area contributed by atoms with Gasteiger partial charge in [0.15, 0.2) is 0 Å². The van der Waals surface area contributed by atoms with Crippen molar-refractivity contribution in [3.63, 3.8) is 0 Å². The van der Waals surface area contributed by atoms with Gasteiger partial charge in [0.05, 0.1) is 0 Å². The van der Waals surface area contributed by atoms with Gasteiger partial charge in [-0.1, -0.05) is 48.0 Å². The summed E-state index contributed by atoms with van der Waals surface area (Å²) in [5.74, 6) is 0. The summed E-state index contributed by atoms with van der Waals surface area (Å²) in [6.45, 7) is 6.69. The minimum Gasteiger partial charge on any atom is -0.0689 e. The Morgan fingerprint density at radius 2 is 1.58 bits per heavy atom. The molecule has 96 valence electrons. The van der Waals surface area contributed by atoms with Crippen molar-refractivity contribution in [2.45, 2.75) is 26.3 Å². The molecule has 0 aliphatic heterocycles. The molecule has 3 rings (SSSR count). The predicted molar refractivity (Wildman–Crippen MR) is 87.7 cm³/mol. The lowest BCUT2D eigenvalue weighted by Gasteiger charge is -2.14. The number of benzene rings is 2. The third-order valence-electron chi connectivity index (χ3n) is 4.56. The maximum atomic E-state index is 2.39. The molecule has 0 radical (unpaired) electrons. The Morgan fingerprint density at radius 1 is 0.895 bits per heavy atom. The van der Waals surface area contributed by atoms with E-state index in [9.17, 15) is 0 Å². The molecule has 0 bridgehead atoms. The number of hydrogen-bond donors (Lipinski definition) is 0. The summed E-state index contributed by atoms with van der Waals surface area (Å²) in [6.07, 6.45) is 2.39. The van der Waals surface area contributed by atoms with E-state index in [-0.39, 0.29) is 0 Å². The van der Waals surface area contributed by atoms with Crippen molar-refractivity contribution in [1.82, 2.24) is 0 Å².